The average Bonchev–Trinajstić information content (AvgIpc) is 3.10. The number of amides is 2. The van der Waals surface area contributed by atoms with Crippen LogP contribution in [0.25, 0.3) is 10.9 Å². The predicted molar refractivity (Wildman–Crippen MR) is 116 cm³/mol. The summed E-state index contributed by atoms with van der Waals surface area (Å²) in [6.45, 7) is 4.45. The van der Waals surface area contributed by atoms with Gasteiger partial charge in [-0.3, -0.25) is 14.3 Å². The summed E-state index contributed by atoms with van der Waals surface area (Å²) in [5, 5.41) is 7.98. The molecule has 30 heavy (non-hydrogen) atoms. The van der Waals surface area contributed by atoms with E-state index in [2.05, 4.69) is 28.4 Å². The molecule has 2 aromatic heterocycles. The highest BCUT2D eigenvalue weighted by Crippen LogP contribution is 2.34. The number of nitrogen functional groups attached to an aromatic ring is 1. The second-order valence-corrected chi connectivity index (χ2v) is 8.12. The van der Waals surface area contributed by atoms with E-state index in [4.69, 9.17) is 5.73 Å². The zero-order valence-electron chi connectivity index (χ0n) is 17.4. The molecule has 0 spiro atoms. The summed E-state index contributed by atoms with van der Waals surface area (Å²) in [5.74, 6) is -0.467. The number of carbonyl (C=O) groups is 2. The van der Waals surface area contributed by atoms with Gasteiger partial charge in [-0.15, -0.1) is 0 Å². The van der Waals surface area contributed by atoms with Gasteiger partial charge in [0.1, 0.15) is 5.82 Å². The van der Waals surface area contributed by atoms with Gasteiger partial charge in [-0.2, -0.15) is 5.10 Å². The van der Waals surface area contributed by atoms with Gasteiger partial charge in [0.25, 0.3) is 0 Å². The van der Waals surface area contributed by atoms with Crippen LogP contribution >= 0.6 is 0 Å². The first-order chi connectivity index (χ1) is 14.3. The van der Waals surface area contributed by atoms with Gasteiger partial charge in [0.2, 0.25) is 0 Å². The van der Waals surface area contributed by atoms with Gasteiger partial charge in [-0.25, -0.2) is 4.98 Å². The van der Waals surface area contributed by atoms with Crippen LogP contribution in [0.4, 0.5) is 11.5 Å². The van der Waals surface area contributed by atoms with E-state index in [1.807, 2.05) is 30.1 Å². The molecule has 3 heterocycles. The van der Waals surface area contributed by atoms with Crippen LogP contribution in [0.3, 0.4) is 0 Å². The lowest BCUT2D eigenvalue weighted by Gasteiger charge is -2.38. The zero-order valence-corrected chi connectivity index (χ0v) is 17.4. The number of nitrogens with zero attached hydrogens (tertiary/aromatic N) is 4. The maximum Gasteiger partial charge on any atom is 0.313 e. The van der Waals surface area contributed by atoms with Crippen molar-refractivity contribution >= 4 is 34.2 Å². The lowest BCUT2D eigenvalue weighted by molar-refractivity contribution is -0.146. The SMILES string of the molecule is Cc1cc(NC(=O)C(=O)N2C[C@H](C)CC[C@H]2c2ccc3c(cnn3C)c2)cnc1N. The lowest BCUT2D eigenvalue weighted by atomic mass is 9.89. The van der Waals surface area contributed by atoms with Crippen molar-refractivity contribution < 1.29 is 9.59 Å². The number of aryl methyl sites for hydroxylation is 2. The summed E-state index contributed by atoms with van der Waals surface area (Å²) < 4.78 is 1.82. The quantitative estimate of drug-likeness (QED) is 0.637. The molecule has 4 rings (SSSR count). The predicted octanol–water partition coefficient (Wildman–Crippen LogP) is 2.80. The molecule has 1 aromatic carbocycles. The standard InChI is InChI=1S/C22H26N6O2/c1-13-4-6-19(15-5-7-18-16(9-15)10-25-27(18)3)28(12-13)22(30)21(29)26-17-8-14(2)20(23)24-11-17/h5,7-11,13,19H,4,6,12H2,1-3H3,(H2,23,24)(H,26,29)/t13-,19+/m1/s1. The average molecular weight is 406 g/mol. The largest absolute Gasteiger partial charge is 0.383 e. The van der Waals surface area contributed by atoms with Crippen molar-refractivity contribution in [1.82, 2.24) is 19.7 Å². The van der Waals surface area contributed by atoms with E-state index in [0.29, 0.717) is 24.0 Å². The first-order valence-corrected chi connectivity index (χ1v) is 10.1. The second-order valence-electron chi connectivity index (χ2n) is 8.12. The molecule has 1 saturated heterocycles. The van der Waals surface area contributed by atoms with Gasteiger partial charge in [0.15, 0.2) is 0 Å². The number of pyridine rings is 1. The molecule has 2 atom stereocenters. The van der Waals surface area contributed by atoms with Crippen molar-refractivity contribution in [3.8, 4) is 0 Å². The second kappa shape index (κ2) is 7.78. The molecule has 1 aliphatic rings. The van der Waals surface area contributed by atoms with Crippen LogP contribution < -0.4 is 11.1 Å². The van der Waals surface area contributed by atoms with Gasteiger partial charge in [-0.1, -0.05) is 13.0 Å². The molecule has 156 valence electrons. The first-order valence-electron chi connectivity index (χ1n) is 10.1. The number of nitrogens with two attached hydrogens (primary N) is 1. The van der Waals surface area contributed by atoms with E-state index < -0.39 is 11.8 Å². The highest BCUT2D eigenvalue weighted by molar-refractivity contribution is 6.39. The zero-order chi connectivity index (χ0) is 21.4. The molecule has 3 aromatic rings. The van der Waals surface area contributed by atoms with Gasteiger partial charge in [0.05, 0.1) is 29.6 Å². The van der Waals surface area contributed by atoms with Gasteiger partial charge in [-0.05, 0) is 55.0 Å². The van der Waals surface area contributed by atoms with E-state index in [1.54, 1.807) is 17.9 Å². The smallest absolute Gasteiger partial charge is 0.313 e. The fraction of sp³-hybridized carbons (Fsp3) is 0.364. The molecule has 1 aliphatic heterocycles. The monoisotopic (exact) mass is 406 g/mol. The summed E-state index contributed by atoms with van der Waals surface area (Å²) in [5.41, 5.74) is 8.99. The van der Waals surface area contributed by atoms with Crippen LogP contribution in [0.5, 0.6) is 0 Å². The van der Waals surface area contributed by atoms with Crippen molar-refractivity contribution in [3.05, 3.63) is 47.8 Å². The van der Waals surface area contributed by atoms with Crippen molar-refractivity contribution in [2.45, 2.75) is 32.7 Å². The lowest BCUT2D eigenvalue weighted by Crippen LogP contribution is -2.46. The van der Waals surface area contributed by atoms with Gasteiger partial charge in [0, 0.05) is 19.0 Å². The number of fused-ring (bicyclic) bond motifs is 1. The Bertz CT molecular complexity index is 1120. The molecule has 8 heteroatoms. The highest BCUT2D eigenvalue weighted by Gasteiger charge is 2.34. The molecule has 0 bridgehead atoms. The molecule has 0 saturated carbocycles. The van der Waals surface area contributed by atoms with E-state index >= 15 is 0 Å². The Morgan fingerprint density at radius 2 is 2.00 bits per heavy atom. The Morgan fingerprint density at radius 1 is 1.20 bits per heavy atom. The van der Waals surface area contributed by atoms with Crippen molar-refractivity contribution in [2.75, 3.05) is 17.6 Å². The van der Waals surface area contributed by atoms with Crippen LogP contribution in [0.2, 0.25) is 0 Å². The van der Waals surface area contributed by atoms with E-state index in [9.17, 15) is 9.59 Å². The number of piperidine rings is 1. The van der Waals surface area contributed by atoms with Crippen LogP contribution in [-0.2, 0) is 16.6 Å². The molecule has 0 aliphatic carbocycles. The summed E-state index contributed by atoms with van der Waals surface area (Å²) >= 11 is 0. The Labute approximate surface area is 175 Å². The van der Waals surface area contributed by atoms with Crippen LogP contribution in [0.15, 0.2) is 36.7 Å². The topological polar surface area (TPSA) is 106 Å². The normalized spacial score (nSPS) is 19.1. The van der Waals surface area contributed by atoms with Crippen LogP contribution in [0, 0.1) is 12.8 Å². The molecular formula is C22H26N6O2. The summed E-state index contributed by atoms with van der Waals surface area (Å²) in [4.78, 5) is 31.6. The first kappa shape index (κ1) is 19.9. The summed E-state index contributed by atoms with van der Waals surface area (Å²) in [7, 11) is 1.90. The fourth-order valence-electron chi connectivity index (χ4n) is 4.08. The molecule has 8 nitrogen and oxygen atoms in total. The third-order valence-corrected chi connectivity index (χ3v) is 5.80. The minimum Gasteiger partial charge on any atom is -0.383 e. The van der Waals surface area contributed by atoms with Crippen LogP contribution in [-0.4, -0.2) is 38.0 Å². The van der Waals surface area contributed by atoms with Crippen molar-refractivity contribution in [3.63, 3.8) is 0 Å². The number of hydrogen-bond donors (Lipinski definition) is 2. The Kier molecular flexibility index (Phi) is 5.15. The number of hydrogen-bond acceptors (Lipinski definition) is 5. The Balaban J connectivity index is 1.58. The third-order valence-electron chi connectivity index (χ3n) is 5.80. The minimum absolute atomic E-state index is 0.143. The highest BCUT2D eigenvalue weighted by atomic mass is 16.2. The fourth-order valence-corrected chi connectivity index (χ4v) is 4.08. The summed E-state index contributed by atoms with van der Waals surface area (Å²) in [6, 6.07) is 7.67. The van der Waals surface area contributed by atoms with Crippen molar-refractivity contribution in [2.24, 2.45) is 13.0 Å². The van der Waals surface area contributed by atoms with E-state index in [-0.39, 0.29) is 6.04 Å². The number of benzene rings is 1. The number of nitrogens with one attached hydrogen (secondary N) is 1. The summed E-state index contributed by atoms with van der Waals surface area (Å²) in [6.07, 6.45) is 5.09. The number of likely N-dealkylation sites (tertiary alicyclic amines) is 1. The molecular weight excluding hydrogens is 380 g/mol. The van der Waals surface area contributed by atoms with Crippen LogP contribution in [0.1, 0.15) is 36.9 Å². The molecule has 0 radical (unpaired) electrons. The molecule has 3 N–H and O–H groups in total. The Morgan fingerprint density at radius 3 is 2.77 bits per heavy atom. The number of carbonyl (C=O) groups excluding carboxylic acids is 2. The van der Waals surface area contributed by atoms with E-state index in [1.165, 1.54) is 6.20 Å². The number of aromatic nitrogens is 3. The van der Waals surface area contributed by atoms with E-state index in [0.717, 1.165) is 34.9 Å². The van der Waals surface area contributed by atoms with Crippen molar-refractivity contribution in [1.29, 1.82) is 0 Å². The van der Waals surface area contributed by atoms with Gasteiger partial charge < -0.3 is 16.0 Å². The third kappa shape index (κ3) is 3.72. The number of rotatable bonds is 2. The number of anilines is 2. The molecule has 1 fully saturated rings. The minimum atomic E-state index is -0.664. The molecule has 2 amide bonds. The Hall–Kier alpha value is -3.42. The maximum absolute atomic E-state index is 13.1. The van der Waals surface area contributed by atoms with Gasteiger partial charge >= 0.3 is 11.8 Å². The maximum atomic E-state index is 13.1. The molecule has 0 unspecified atom stereocenters.